The van der Waals surface area contributed by atoms with Crippen LogP contribution < -0.4 is 5.73 Å². The van der Waals surface area contributed by atoms with Gasteiger partial charge >= 0.3 is 11.9 Å². The summed E-state index contributed by atoms with van der Waals surface area (Å²) in [5.41, 5.74) is 5.80. The lowest BCUT2D eigenvalue weighted by atomic mass is 10.4. The molecule has 0 saturated heterocycles. The maximum absolute atomic E-state index is 5.80. The van der Waals surface area contributed by atoms with E-state index in [1.807, 2.05) is 0 Å². The molecule has 0 heterocycles. The third-order valence-corrected chi connectivity index (χ3v) is 1.89. The van der Waals surface area contributed by atoms with Crippen molar-refractivity contribution in [3.05, 3.63) is 0 Å². The minimum absolute atomic E-state index is 0.335. The van der Waals surface area contributed by atoms with Crippen LogP contribution in [-0.4, -0.2) is 46.9 Å². The van der Waals surface area contributed by atoms with Crippen LogP contribution in [0.3, 0.4) is 0 Å². The lowest BCUT2D eigenvalue weighted by Gasteiger charge is -2.41. The fourth-order valence-electron chi connectivity index (χ4n) is 1.16. The van der Waals surface area contributed by atoms with Crippen LogP contribution in [0.25, 0.3) is 0 Å². The lowest BCUT2D eigenvalue weighted by molar-refractivity contribution is -0.477. The van der Waals surface area contributed by atoms with Gasteiger partial charge in [-0.05, 0) is 6.92 Å². The van der Waals surface area contributed by atoms with Crippen molar-refractivity contribution in [3.8, 4) is 0 Å². The Hall–Kier alpha value is -0.240. The Morgan fingerprint density at radius 3 is 1.57 bits per heavy atom. The molecule has 0 rings (SSSR count). The van der Waals surface area contributed by atoms with E-state index in [1.165, 1.54) is 28.4 Å². The van der Waals surface area contributed by atoms with Gasteiger partial charge in [0, 0.05) is 35.0 Å². The minimum Gasteiger partial charge on any atom is -0.335 e. The lowest BCUT2D eigenvalue weighted by Crippen LogP contribution is -2.66. The minimum atomic E-state index is -1.61. The maximum Gasteiger partial charge on any atom is 0.355 e. The molecule has 86 valence electrons. The van der Waals surface area contributed by atoms with Crippen molar-refractivity contribution in [2.45, 2.75) is 18.8 Å². The third kappa shape index (κ3) is 2.22. The van der Waals surface area contributed by atoms with Crippen molar-refractivity contribution < 1.29 is 23.7 Å². The van der Waals surface area contributed by atoms with E-state index in [4.69, 9.17) is 29.4 Å². The number of ether oxygens (including phenoxy) is 5. The highest BCUT2D eigenvalue weighted by Gasteiger charge is 2.54. The van der Waals surface area contributed by atoms with E-state index in [2.05, 4.69) is 0 Å². The van der Waals surface area contributed by atoms with Gasteiger partial charge in [0.25, 0.3) is 0 Å². The Morgan fingerprint density at radius 1 is 0.929 bits per heavy atom. The van der Waals surface area contributed by atoms with Crippen LogP contribution in [0.4, 0.5) is 0 Å². The highest BCUT2D eigenvalue weighted by atomic mass is 16.9. The van der Waals surface area contributed by atoms with E-state index in [9.17, 15) is 0 Å². The Labute approximate surface area is 84.2 Å². The zero-order valence-electron chi connectivity index (χ0n) is 9.33. The Balaban J connectivity index is 4.90. The quantitative estimate of drug-likeness (QED) is 0.589. The summed E-state index contributed by atoms with van der Waals surface area (Å²) in [7, 11) is 5.52. The molecule has 0 aromatic carbocycles. The molecule has 0 aliphatic rings. The predicted octanol–water partition coefficient (Wildman–Crippen LogP) is -0.125. The molecule has 0 amide bonds. The fourth-order valence-corrected chi connectivity index (χ4v) is 1.16. The smallest absolute Gasteiger partial charge is 0.335 e. The summed E-state index contributed by atoms with van der Waals surface area (Å²) >= 11 is 0. The average molecular weight is 209 g/mol. The number of rotatable bonds is 7. The van der Waals surface area contributed by atoms with Crippen molar-refractivity contribution in [2.24, 2.45) is 5.73 Å². The highest BCUT2D eigenvalue weighted by molar-refractivity contribution is 4.74. The Morgan fingerprint density at radius 2 is 1.36 bits per heavy atom. The van der Waals surface area contributed by atoms with Crippen LogP contribution in [0.2, 0.25) is 0 Å². The molecule has 0 bridgehead atoms. The second-order valence-electron chi connectivity index (χ2n) is 2.47. The van der Waals surface area contributed by atoms with Crippen molar-refractivity contribution in [2.75, 3.05) is 35.0 Å². The van der Waals surface area contributed by atoms with Gasteiger partial charge in [0.1, 0.15) is 0 Å². The van der Waals surface area contributed by atoms with E-state index in [0.717, 1.165) is 0 Å². The van der Waals surface area contributed by atoms with Crippen LogP contribution >= 0.6 is 0 Å². The van der Waals surface area contributed by atoms with E-state index in [1.54, 1.807) is 6.92 Å². The normalized spacial score (nSPS) is 16.7. The molecule has 6 heteroatoms. The Bertz CT molecular complexity index is 154. The largest absolute Gasteiger partial charge is 0.355 e. The van der Waals surface area contributed by atoms with Crippen LogP contribution in [0.15, 0.2) is 0 Å². The molecule has 0 aliphatic carbocycles. The van der Waals surface area contributed by atoms with Crippen molar-refractivity contribution in [3.63, 3.8) is 0 Å². The number of hydrogen-bond acceptors (Lipinski definition) is 6. The number of hydrogen-bond donors (Lipinski definition) is 1. The SMILES string of the molecule is CCOC(N)(OC)C(OC)(OC)OC. The van der Waals surface area contributed by atoms with Gasteiger partial charge in [-0.1, -0.05) is 0 Å². The van der Waals surface area contributed by atoms with Crippen molar-refractivity contribution in [1.82, 2.24) is 0 Å². The molecule has 6 nitrogen and oxygen atoms in total. The summed E-state index contributed by atoms with van der Waals surface area (Å²) in [5, 5.41) is 0. The Kier molecular flexibility index (Phi) is 5.50. The summed E-state index contributed by atoms with van der Waals surface area (Å²) < 4.78 is 25.3. The van der Waals surface area contributed by atoms with Gasteiger partial charge in [-0.3, -0.25) is 5.73 Å². The molecule has 2 N–H and O–H groups in total. The molecule has 0 saturated carbocycles. The first kappa shape index (κ1) is 13.8. The monoisotopic (exact) mass is 209 g/mol. The molecule has 1 atom stereocenters. The molecule has 0 aromatic heterocycles. The zero-order chi connectivity index (χ0) is 11.2. The van der Waals surface area contributed by atoms with Gasteiger partial charge in [0.15, 0.2) is 0 Å². The molecule has 14 heavy (non-hydrogen) atoms. The van der Waals surface area contributed by atoms with E-state index < -0.39 is 11.9 Å². The summed E-state index contributed by atoms with van der Waals surface area (Å²) in [6.45, 7) is 2.11. The van der Waals surface area contributed by atoms with Gasteiger partial charge in [0.2, 0.25) is 0 Å². The summed E-state index contributed by atoms with van der Waals surface area (Å²) in [4.78, 5) is 0. The third-order valence-electron chi connectivity index (χ3n) is 1.89. The molecule has 0 spiro atoms. The first-order valence-electron chi connectivity index (χ1n) is 4.19. The van der Waals surface area contributed by atoms with Gasteiger partial charge in [-0.25, -0.2) is 0 Å². The van der Waals surface area contributed by atoms with Crippen LogP contribution in [0, 0.1) is 0 Å². The molecule has 0 aromatic rings. The second-order valence-corrected chi connectivity index (χ2v) is 2.47. The van der Waals surface area contributed by atoms with Gasteiger partial charge < -0.3 is 23.7 Å². The zero-order valence-corrected chi connectivity index (χ0v) is 9.33. The molecular weight excluding hydrogens is 190 g/mol. The van der Waals surface area contributed by atoms with Crippen LogP contribution in [-0.2, 0) is 23.7 Å². The number of methoxy groups -OCH3 is 4. The molecule has 0 fully saturated rings. The van der Waals surface area contributed by atoms with Gasteiger partial charge in [0.05, 0.1) is 0 Å². The van der Waals surface area contributed by atoms with Gasteiger partial charge in [-0.2, -0.15) is 0 Å². The van der Waals surface area contributed by atoms with Crippen molar-refractivity contribution in [1.29, 1.82) is 0 Å². The summed E-state index contributed by atoms with van der Waals surface area (Å²) in [5.74, 6) is -3.20. The maximum atomic E-state index is 5.80. The van der Waals surface area contributed by atoms with E-state index in [0.29, 0.717) is 6.61 Å². The summed E-state index contributed by atoms with van der Waals surface area (Å²) in [6.07, 6.45) is 0. The number of nitrogens with two attached hydrogens (primary N) is 1. The van der Waals surface area contributed by atoms with E-state index >= 15 is 0 Å². The first-order chi connectivity index (χ1) is 6.55. The molecular formula is C8H19NO5. The molecule has 0 aliphatic heterocycles. The second kappa shape index (κ2) is 5.59. The van der Waals surface area contributed by atoms with Crippen LogP contribution in [0.1, 0.15) is 6.92 Å². The van der Waals surface area contributed by atoms with Crippen molar-refractivity contribution >= 4 is 0 Å². The summed E-state index contributed by atoms with van der Waals surface area (Å²) in [6, 6.07) is 0. The van der Waals surface area contributed by atoms with Crippen LogP contribution in [0.5, 0.6) is 0 Å². The standard InChI is InChI=1S/C8H19NO5/c1-6-14-7(9,10-2)8(11-3,12-4)13-5/h6,9H2,1-5H3. The topological polar surface area (TPSA) is 72.2 Å². The fraction of sp³-hybridized carbons (Fsp3) is 1.00. The average Bonchev–Trinajstić information content (AvgIpc) is 2.21. The molecule has 1 unspecified atom stereocenters. The molecule has 0 radical (unpaired) electrons. The first-order valence-corrected chi connectivity index (χ1v) is 4.19. The predicted molar refractivity (Wildman–Crippen MR) is 49.3 cm³/mol. The van der Waals surface area contributed by atoms with E-state index in [-0.39, 0.29) is 0 Å². The highest BCUT2D eigenvalue weighted by Crippen LogP contribution is 2.27. The van der Waals surface area contributed by atoms with Gasteiger partial charge in [-0.15, -0.1) is 0 Å².